The SMILES string of the molecule is CCCNC(=O)C(CC)C(C)C. The van der Waals surface area contributed by atoms with E-state index in [0.717, 1.165) is 19.4 Å². The molecule has 1 atom stereocenters. The lowest BCUT2D eigenvalue weighted by molar-refractivity contribution is -0.126. The molecule has 0 aliphatic carbocycles. The second-order valence-corrected chi connectivity index (χ2v) is 3.55. The Morgan fingerprint density at radius 2 is 1.92 bits per heavy atom. The van der Waals surface area contributed by atoms with E-state index >= 15 is 0 Å². The van der Waals surface area contributed by atoms with E-state index in [4.69, 9.17) is 0 Å². The molecule has 0 spiro atoms. The summed E-state index contributed by atoms with van der Waals surface area (Å²) in [5, 5.41) is 2.93. The highest BCUT2D eigenvalue weighted by molar-refractivity contribution is 5.78. The summed E-state index contributed by atoms with van der Waals surface area (Å²) >= 11 is 0. The van der Waals surface area contributed by atoms with Crippen LogP contribution in [0.5, 0.6) is 0 Å². The van der Waals surface area contributed by atoms with Gasteiger partial charge in [0.25, 0.3) is 0 Å². The lowest BCUT2D eigenvalue weighted by Crippen LogP contribution is -2.33. The fourth-order valence-electron chi connectivity index (χ4n) is 1.34. The van der Waals surface area contributed by atoms with Gasteiger partial charge in [-0.25, -0.2) is 0 Å². The summed E-state index contributed by atoms with van der Waals surface area (Å²) in [6, 6.07) is 0. The van der Waals surface area contributed by atoms with Gasteiger partial charge in [-0.05, 0) is 18.8 Å². The maximum atomic E-state index is 11.5. The number of carbonyl (C=O) groups excluding carboxylic acids is 1. The van der Waals surface area contributed by atoms with Gasteiger partial charge in [-0.1, -0.05) is 27.7 Å². The zero-order chi connectivity index (χ0) is 9.56. The van der Waals surface area contributed by atoms with Crippen molar-refractivity contribution in [2.45, 2.75) is 40.5 Å². The number of nitrogens with one attached hydrogen (secondary N) is 1. The molecule has 1 N–H and O–H groups in total. The van der Waals surface area contributed by atoms with Crippen molar-refractivity contribution in [2.24, 2.45) is 11.8 Å². The third-order valence-electron chi connectivity index (χ3n) is 2.13. The van der Waals surface area contributed by atoms with Gasteiger partial charge in [0.2, 0.25) is 5.91 Å². The number of carbonyl (C=O) groups is 1. The van der Waals surface area contributed by atoms with Crippen molar-refractivity contribution in [1.29, 1.82) is 0 Å². The van der Waals surface area contributed by atoms with Crippen LogP contribution < -0.4 is 5.32 Å². The average molecular weight is 171 g/mol. The topological polar surface area (TPSA) is 29.1 Å². The average Bonchev–Trinajstić information content (AvgIpc) is 2.01. The van der Waals surface area contributed by atoms with Gasteiger partial charge in [0, 0.05) is 12.5 Å². The Morgan fingerprint density at radius 3 is 2.25 bits per heavy atom. The monoisotopic (exact) mass is 171 g/mol. The smallest absolute Gasteiger partial charge is 0.223 e. The highest BCUT2D eigenvalue weighted by Gasteiger charge is 2.18. The van der Waals surface area contributed by atoms with Crippen molar-refractivity contribution in [3.05, 3.63) is 0 Å². The van der Waals surface area contributed by atoms with E-state index in [9.17, 15) is 4.79 Å². The summed E-state index contributed by atoms with van der Waals surface area (Å²) in [7, 11) is 0. The van der Waals surface area contributed by atoms with E-state index in [1.165, 1.54) is 0 Å². The van der Waals surface area contributed by atoms with Crippen LogP contribution in [-0.4, -0.2) is 12.5 Å². The maximum Gasteiger partial charge on any atom is 0.223 e. The Morgan fingerprint density at radius 1 is 1.33 bits per heavy atom. The van der Waals surface area contributed by atoms with Crippen molar-refractivity contribution < 1.29 is 4.79 Å². The molecule has 0 saturated heterocycles. The second kappa shape index (κ2) is 6.04. The maximum absolute atomic E-state index is 11.5. The Kier molecular flexibility index (Phi) is 5.77. The third kappa shape index (κ3) is 3.74. The fraction of sp³-hybridized carbons (Fsp3) is 0.900. The lowest BCUT2D eigenvalue weighted by Gasteiger charge is -2.17. The minimum atomic E-state index is 0.191. The van der Waals surface area contributed by atoms with Gasteiger partial charge in [0.05, 0.1) is 0 Å². The largest absolute Gasteiger partial charge is 0.356 e. The Bertz CT molecular complexity index is 132. The van der Waals surface area contributed by atoms with Crippen LogP contribution in [0.4, 0.5) is 0 Å². The molecule has 72 valence electrons. The van der Waals surface area contributed by atoms with E-state index < -0.39 is 0 Å². The van der Waals surface area contributed by atoms with Gasteiger partial charge in [0.1, 0.15) is 0 Å². The van der Waals surface area contributed by atoms with Crippen LogP contribution in [-0.2, 0) is 4.79 Å². The molecule has 0 rings (SSSR count). The van der Waals surface area contributed by atoms with Gasteiger partial charge < -0.3 is 5.32 Å². The fourth-order valence-corrected chi connectivity index (χ4v) is 1.34. The summed E-state index contributed by atoms with van der Waals surface area (Å²) < 4.78 is 0. The normalized spacial score (nSPS) is 13.1. The van der Waals surface area contributed by atoms with Gasteiger partial charge in [-0.3, -0.25) is 4.79 Å². The van der Waals surface area contributed by atoms with Gasteiger partial charge in [0.15, 0.2) is 0 Å². The molecule has 0 aromatic heterocycles. The molecular formula is C10H21NO. The van der Waals surface area contributed by atoms with E-state index in [0.29, 0.717) is 5.92 Å². The molecule has 12 heavy (non-hydrogen) atoms. The van der Waals surface area contributed by atoms with Crippen LogP contribution in [0.15, 0.2) is 0 Å². The van der Waals surface area contributed by atoms with Gasteiger partial charge in [-0.15, -0.1) is 0 Å². The Labute approximate surface area is 75.7 Å². The first-order chi connectivity index (χ1) is 5.63. The molecule has 0 aliphatic rings. The zero-order valence-corrected chi connectivity index (χ0v) is 8.68. The Hall–Kier alpha value is -0.530. The third-order valence-corrected chi connectivity index (χ3v) is 2.13. The molecular weight excluding hydrogens is 150 g/mol. The van der Waals surface area contributed by atoms with Crippen molar-refractivity contribution in [1.82, 2.24) is 5.32 Å². The highest BCUT2D eigenvalue weighted by atomic mass is 16.1. The van der Waals surface area contributed by atoms with Crippen LogP contribution >= 0.6 is 0 Å². The van der Waals surface area contributed by atoms with E-state index in [-0.39, 0.29) is 11.8 Å². The number of hydrogen-bond donors (Lipinski definition) is 1. The summed E-state index contributed by atoms with van der Waals surface area (Å²) in [6.45, 7) is 9.13. The molecule has 0 radical (unpaired) electrons. The van der Waals surface area contributed by atoms with E-state index in [1.54, 1.807) is 0 Å². The predicted molar refractivity (Wildman–Crippen MR) is 51.9 cm³/mol. The van der Waals surface area contributed by atoms with Crippen LogP contribution in [0.25, 0.3) is 0 Å². The second-order valence-electron chi connectivity index (χ2n) is 3.55. The van der Waals surface area contributed by atoms with Crippen LogP contribution in [0.1, 0.15) is 40.5 Å². The molecule has 0 aliphatic heterocycles. The first-order valence-corrected chi connectivity index (χ1v) is 4.91. The summed E-state index contributed by atoms with van der Waals surface area (Å²) in [4.78, 5) is 11.5. The number of rotatable bonds is 5. The van der Waals surface area contributed by atoms with E-state index in [2.05, 4.69) is 33.0 Å². The van der Waals surface area contributed by atoms with Gasteiger partial charge >= 0.3 is 0 Å². The van der Waals surface area contributed by atoms with Crippen LogP contribution in [0.3, 0.4) is 0 Å². The molecule has 0 bridgehead atoms. The van der Waals surface area contributed by atoms with Crippen molar-refractivity contribution >= 4 is 5.91 Å². The standard InChI is InChI=1S/C10H21NO/c1-5-7-11-10(12)9(6-2)8(3)4/h8-9H,5-7H2,1-4H3,(H,11,12). The molecule has 0 heterocycles. The van der Waals surface area contributed by atoms with E-state index in [1.807, 2.05) is 0 Å². The minimum Gasteiger partial charge on any atom is -0.356 e. The Balaban J connectivity index is 3.86. The molecule has 1 amide bonds. The number of hydrogen-bond acceptors (Lipinski definition) is 1. The molecule has 0 aromatic carbocycles. The van der Waals surface area contributed by atoms with Crippen molar-refractivity contribution in [2.75, 3.05) is 6.54 Å². The lowest BCUT2D eigenvalue weighted by atomic mass is 9.92. The highest BCUT2D eigenvalue weighted by Crippen LogP contribution is 2.14. The van der Waals surface area contributed by atoms with Crippen LogP contribution in [0.2, 0.25) is 0 Å². The van der Waals surface area contributed by atoms with Crippen molar-refractivity contribution in [3.8, 4) is 0 Å². The zero-order valence-electron chi connectivity index (χ0n) is 8.68. The summed E-state index contributed by atoms with van der Waals surface area (Å²) in [5.41, 5.74) is 0. The molecule has 2 nitrogen and oxygen atoms in total. The molecule has 1 unspecified atom stereocenters. The van der Waals surface area contributed by atoms with Gasteiger partial charge in [-0.2, -0.15) is 0 Å². The summed E-state index contributed by atoms with van der Waals surface area (Å²) in [5.74, 6) is 0.859. The first kappa shape index (κ1) is 11.5. The predicted octanol–water partition coefficient (Wildman–Crippen LogP) is 2.19. The minimum absolute atomic E-state index is 0.191. The van der Waals surface area contributed by atoms with Crippen LogP contribution in [0, 0.1) is 11.8 Å². The molecule has 0 saturated carbocycles. The summed E-state index contributed by atoms with van der Waals surface area (Å²) in [6.07, 6.45) is 1.95. The molecule has 0 fully saturated rings. The molecule has 0 aromatic rings. The van der Waals surface area contributed by atoms with Crippen molar-refractivity contribution in [3.63, 3.8) is 0 Å². The first-order valence-electron chi connectivity index (χ1n) is 4.91. The molecule has 2 heteroatoms. The quantitative estimate of drug-likeness (QED) is 0.675. The number of amides is 1.